The van der Waals surface area contributed by atoms with Crippen molar-refractivity contribution >= 4 is 11.8 Å². The van der Waals surface area contributed by atoms with Crippen molar-refractivity contribution in [2.24, 2.45) is 0 Å². The predicted molar refractivity (Wildman–Crippen MR) is 89.9 cm³/mol. The zero-order valence-corrected chi connectivity index (χ0v) is 14.0. The first-order valence-corrected chi connectivity index (χ1v) is 7.80. The van der Waals surface area contributed by atoms with Crippen molar-refractivity contribution in [3.63, 3.8) is 0 Å². The van der Waals surface area contributed by atoms with Gasteiger partial charge in [-0.15, -0.1) is 0 Å². The third-order valence-electron chi connectivity index (χ3n) is 3.45. The fourth-order valence-corrected chi connectivity index (χ4v) is 2.03. The Hall–Kier alpha value is -2.76. The molecule has 2 rings (SSSR count). The number of ether oxygens (including phenoxy) is 1. The number of hydrogen-bond donors (Lipinski definition) is 2. The van der Waals surface area contributed by atoms with Gasteiger partial charge in [-0.05, 0) is 39.0 Å². The molecule has 0 aliphatic heterocycles. The van der Waals surface area contributed by atoms with Crippen LogP contribution in [0.15, 0.2) is 47.3 Å². The number of amides is 2. The first kappa shape index (κ1) is 17.6. The highest BCUT2D eigenvalue weighted by Gasteiger charge is 2.17. The Labute approximate surface area is 141 Å². The van der Waals surface area contributed by atoms with Crippen molar-refractivity contribution in [1.82, 2.24) is 10.6 Å². The Kier molecular flexibility index (Phi) is 6.01. The molecular weight excluding hydrogens is 308 g/mol. The quantitative estimate of drug-likeness (QED) is 0.816. The van der Waals surface area contributed by atoms with E-state index in [0.717, 1.165) is 11.3 Å². The van der Waals surface area contributed by atoms with Crippen molar-refractivity contribution in [3.8, 4) is 5.75 Å². The van der Waals surface area contributed by atoms with Gasteiger partial charge in [-0.1, -0.05) is 17.7 Å². The summed E-state index contributed by atoms with van der Waals surface area (Å²) in [5.41, 5.74) is 1.54. The van der Waals surface area contributed by atoms with Crippen LogP contribution in [0.4, 0.5) is 0 Å². The predicted octanol–water partition coefficient (Wildman–Crippen LogP) is 2.29. The van der Waals surface area contributed by atoms with Crippen molar-refractivity contribution in [2.75, 3.05) is 6.54 Å². The van der Waals surface area contributed by atoms with E-state index >= 15 is 0 Å². The van der Waals surface area contributed by atoms with Crippen LogP contribution in [-0.2, 0) is 4.79 Å². The van der Waals surface area contributed by atoms with Gasteiger partial charge in [0.15, 0.2) is 0 Å². The molecule has 2 aromatic rings. The lowest BCUT2D eigenvalue weighted by molar-refractivity contribution is -0.122. The zero-order chi connectivity index (χ0) is 17.5. The molecule has 1 aromatic carbocycles. The lowest BCUT2D eigenvalue weighted by Crippen LogP contribution is -2.46. The molecule has 0 aliphatic carbocycles. The van der Waals surface area contributed by atoms with Gasteiger partial charge in [0.25, 0.3) is 5.91 Å². The van der Waals surface area contributed by atoms with Crippen LogP contribution in [0, 0.1) is 6.92 Å². The monoisotopic (exact) mass is 330 g/mol. The average molecular weight is 330 g/mol. The number of benzene rings is 1. The molecule has 24 heavy (non-hydrogen) atoms. The molecule has 1 heterocycles. The molecule has 2 N–H and O–H groups in total. The highest BCUT2D eigenvalue weighted by Crippen LogP contribution is 2.13. The Balaban J connectivity index is 1.75. The smallest absolute Gasteiger partial charge is 0.255 e. The second-order valence-electron chi connectivity index (χ2n) is 5.69. The maximum atomic E-state index is 12.0. The van der Waals surface area contributed by atoms with Crippen molar-refractivity contribution < 1.29 is 18.7 Å². The fourth-order valence-electron chi connectivity index (χ4n) is 2.03. The molecule has 0 bridgehead atoms. The topological polar surface area (TPSA) is 80.6 Å². The summed E-state index contributed by atoms with van der Waals surface area (Å²) in [7, 11) is 0. The Morgan fingerprint density at radius 2 is 1.88 bits per heavy atom. The van der Waals surface area contributed by atoms with Gasteiger partial charge in [0.2, 0.25) is 5.91 Å². The fraction of sp³-hybridized carbons (Fsp3) is 0.333. The first-order chi connectivity index (χ1) is 11.5. The molecule has 0 spiro atoms. The Bertz CT molecular complexity index is 665. The van der Waals surface area contributed by atoms with Crippen LogP contribution in [0.25, 0.3) is 0 Å². The van der Waals surface area contributed by atoms with E-state index in [4.69, 9.17) is 9.15 Å². The number of hydrogen-bond acceptors (Lipinski definition) is 4. The summed E-state index contributed by atoms with van der Waals surface area (Å²) < 4.78 is 10.6. The van der Waals surface area contributed by atoms with Crippen molar-refractivity contribution in [1.29, 1.82) is 0 Å². The Morgan fingerprint density at radius 1 is 1.17 bits per heavy atom. The Morgan fingerprint density at radius 3 is 2.50 bits per heavy atom. The van der Waals surface area contributed by atoms with E-state index in [2.05, 4.69) is 10.6 Å². The summed E-state index contributed by atoms with van der Waals surface area (Å²) in [4.78, 5) is 23.9. The van der Waals surface area contributed by atoms with Gasteiger partial charge >= 0.3 is 0 Å². The van der Waals surface area contributed by atoms with Crippen LogP contribution in [0.3, 0.4) is 0 Å². The first-order valence-electron chi connectivity index (χ1n) is 7.80. The van der Waals surface area contributed by atoms with E-state index in [9.17, 15) is 9.59 Å². The maximum Gasteiger partial charge on any atom is 0.255 e. The van der Waals surface area contributed by atoms with Gasteiger partial charge in [0, 0.05) is 0 Å². The van der Waals surface area contributed by atoms with Gasteiger partial charge in [-0.3, -0.25) is 9.59 Å². The molecule has 2 amide bonds. The van der Waals surface area contributed by atoms with Crippen molar-refractivity contribution in [3.05, 3.63) is 54.0 Å². The molecule has 1 aromatic heterocycles. The zero-order valence-electron chi connectivity index (χ0n) is 14.0. The molecule has 0 saturated carbocycles. The molecule has 0 unspecified atom stereocenters. The van der Waals surface area contributed by atoms with Crippen LogP contribution >= 0.6 is 0 Å². The minimum atomic E-state index is -0.654. The summed E-state index contributed by atoms with van der Waals surface area (Å²) >= 11 is 0. The molecule has 128 valence electrons. The largest absolute Gasteiger partial charge is 0.489 e. The molecule has 0 fully saturated rings. The molecule has 6 heteroatoms. The number of carbonyl (C=O) groups excluding carboxylic acids is 2. The van der Waals surface area contributed by atoms with Crippen molar-refractivity contribution in [2.45, 2.75) is 32.9 Å². The molecule has 0 saturated heterocycles. The van der Waals surface area contributed by atoms with E-state index < -0.39 is 6.04 Å². The summed E-state index contributed by atoms with van der Waals surface area (Å²) in [5.74, 6) is 0.130. The molecule has 0 aliphatic rings. The summed E-state index contributed by atoms with van der Waals surface area (Å²) in [6.07, 6.45) is 2.55. The summed E-state index contributed by atoms with van der Waals surface area (Å²) in [6, 6.07) is 8.60. The van der Waals surface area contributed by atoms with Gasteiger partial charge in [0.05, 0.1) is 18.4 Å². The van der Waals surface area contributed by atoms with Gasteiger partial charge < -0.3 is 19.8 Å². The maximum absolute atomic E-state index is 12.0. The lowest BCUT2D eigenvalue weighted by Gasteiger charge is -2.18. The summed E-state index contributed by atoms with van der Waals surface area (Å²) in [6.45, 7) is 5.85. The van der Waals surface area contributed by atoms with Crippen LogP contribution in [-0.4, -0.2) is 30.5 Å². The molecule has 6 nitrogen and oxygen atoms in total. The van der Waals surface area contributed by atoms with E-state index in [0.29, 0.717) is 12.1 Å². The SMILES string of the molecule is Cc1ccc(O[C@H](C)CNC(=O)[C@@H](C)NC(=O)c2ccoc2)cc1. The molecule has 0 radical (unpaired) electrons. The highest BCUT2D eigenvalue weighted by molar-refractivity contribution is 5.97. The standard InChI is InChI=1S/C18H22N2O4/c1-12-4-6-16(7-5-12)24-13(2)10-19-17(21)14(3)20-18(22)15-8-9-23-11-15/h4-9,11,13-14H,10H2,1-3H3,(H,19,21)(H,20,22)/t13-,14-/m1/s1. The van der Waals surface area contributed by atoms with Gasteiger partial charge in [0.1, 0.15) is 24.2 Å². The van der Waals surface area contributed by atoms with E-state index in [1.54, 1.807) is 6.92 Å². The van der Waals surface area contributed by atoms with E-state index in [1.807, 2.05) is 38.1 Å². The minimum Gasteiger partial charge on any atom is -0.489 e. The van der Waals surface area contributed by atoms with Crippen LogP contribution in [0.1, 0.15) is 29.8 Å². The third-order valence-corrected chi connectivity index (χ3v) is 3.45. The number of aryl methyl sites for hydroxylation is 1. The van der Waals surface area contributed by atoms with Crippen LogP contribution in [0.2, 0.25) is 0 Å². The van der Waals surface area contributed by atoms with Crippen LogP contribution in [0.5, 0.6) is 5.75 Å². The average Bonchev–Trinajstić information content (AvgIpc) is 3.09. The summed E-state index contributed by atoms with van der Waals surface area (Å²) in [5, 5.41) is 5.37. The normalized spacial score (nSPS) is 13.0. The molecular formula is C18H22N2O4. The van der Waals surface area contributed by atoms with Gasteiger partial charge in [-0.2, -0.15) is 0 Å². The second-order valence-corrected chi connectivity index (χ2v) is 5.69. The van der Waals surface area contributed by atoms with E-state index in [-0.39, 0.29) is 17.9 Å². The third kappa shape index (κ3) is 5.15. The van der Waals surface area contributed by atoms with E-state index in [1.165, 1.54) is 18.6 Å². The van der Waals surface area contributed by atoms with Gasteiger partial charge in [-0.25, -0.2) is 0 Å². The highest BCUT2D eigenvalue weighted by atomic mass is 16.5. The number of nitrogens with one attached hydrogen (secondary N) is 2. The molecule has 2 atom stereocenters. The second kappa shape index (κ2) is 8.19. The number of carbonyl (C=O) groups is 2. The van der Waals surface area contributed by atoms with Crippen LogP contribution < -0.4 is 15.4 Å². The number of rotatable bonds is 7. The minimum absolute atomic E-state index is 0.187. The lowest BCUT2D eigenvalue weighted by atomic mass is 10.2. The number of furan rings is 1.